The first-order valence-corrected chi connectivity index (χ1v) is 5.57. The quantitative estimate of drug-likeness (QED) is 0.657. The van der Waals surface area contributed by atoms with Gasteiger partial charge in [0.25, 0.3) is 0 Å². The Hall–Kier alpha value is -1.63. The van der Waals surface area contributed by atoms with E-state index < -0.39 is 41.8 Å². The Morgan fingerprint density at radius 3 is 1.83 bits per heavy atom. The first-order valence-electron chi connectivity index (χ1n) is 5.57. The zero-order chi connectivity index (χ0) is 14.0. The smallest absolute Gasteiger partial charge is 0.333 e. The van der Waals surface area contributed by atoms with E-state index >= 15 is 0 Å². The third-order valence-corrected chi connectivity index (χ3v) is 3.31. The van der Waals surface area contributed by atoms with E-state index in [1.165, 1.54) is 0 Å². The van der Waals surface area contributed by atoms with E-state index in [2.05, 4.69) is 0 Å². The number of hydrogen-bond donors (Lipinski definition) is 3. The van der Waals surface area contributed by atoms with Crippen molar-refractivity contribution in [2.24, 2.45) is 23.7 Å². The van der Waals surface area contributed by atoms with Gasteiger partial charge in [0.2, 0.25) is 0 Å². The Morgan fingerprint density at radius 1 is 1.00 bits per heavy atom. The van der Waals surface area contributed by atoms with E-state index in [0.29, 0.717) is 0 Å². The van der Waals surface area contributed by atoms with Crippen LogP contribution in [-0.2, 0) is 19.1 Å². The molecule has 1 aliphatic rings. The molecule has 3 N–H and O–H groups in total. The molecule has 7 nitrogen and oxygen atoms in total. The topological polar surface area (TPSA) is 121 Å². The van der Waals surface area contributed by atoms with Crippen molar-refractivity contribution in [1.29, 1.82) is 0 Å². The summed E-state index contributed by atoms with van der Waals surface area (Å²) in [6, 6.07) is 0. The lowest BCUT2D eigenvalue weighted by atomic mass is 9.72. The van der Waals surface area contributed by atoms with Gasteiger partial charge in [-0.2, -0.15) is 0 Å². The Morgan fingerprint density at radius 2 is 1.50 bits per heavy atom. The van der Waals surface area contributed by atoms with E-state index in [9.17, 15) is 14.4 Å². The van der Waals surface area contributed by atoms with E-state index in [-0.39, 0.29) is 12.5 Å². The number of carboxylic acid groups (broad SMARTS) is 3. The van der Waals surface area contributed by atoms with E-state index in [1.807, 2.05) is 0 Å². The highest BCUT2D eigenvalue weighted by Gasteiger charge is 2.51. The zero-order valence-electron chi connectivity index (χ0n) is 10.1. The van der Waals surface area contributed by atoms with Crippen LogP contribution in [0, 0.1) is 23.7 Å². The molecule has 0 aromatic carbocycles. The first kappa shape index (κ1) is 14.4. The first-order chi connectivity index (χ1) is 8.27. The molecule has 1 saturated heterocycles. The van der Waals surface area contributed by atoms with Gasteiger partial charge in [-0.1, -0.05) is 13.8 Å². The average molecular weight is 260 g/mol. The third kappa shape index (κ3) is 2.61. The highest BCUT2D eigenvalue weighted by atomic mass is 16.5. The van der Waals surface area contributed by atoms with Gasteiger partial charge in [0.1, 0.15) is 5.92 Å². The summed E-state index contributed by atoms with van der Waals surface area (Å²) in [6.07, 6.45) is -1.61. The molecule has 4 unspecified atom stereocenters. The monoisotopic (exact) mass is 260 g/mol. The minimum Gasteiger partial charge on any atom is -0.481 e. The molecule has 1 fully saturated rings. The number of carbonyl (C=O) groups is 3. The van der Waals surface area contributed by atoms with Crippen molar-refractivity contribution in [2.45, 2.75) is 20.0 Å². The molecule has 102 valence electrons. The summed E-state index contributed by atoms with van der Waals surface area (Å²) in [4.78, 5) is 33.3. The van der Waals surface area contributed by atoms with Crippen molar-refractivity contribution in [2.75, 3.05) is 6.61 Å². The van der Waals surface area contributed by atoms with Gasteiger partial charge in [-0.05, 0) is 11.8 Å². The molecule has 0 radical (unpaired) electrons. The lowest BCUT2D eigenvalue weighted by molar-refractivity contribution is -0.188. The fraction of sp³-hybridized carbons (Fsp3) is 0.727. The summed E-state index contributed by atoms with van der Waals surface area (Å²) in [5, 5.41) is 27.1. The maximum Gasteiger partial charge on any atom is 0.333 e. The largest absolute Gasteiger partial charge is 0.481 e. The van der Waals surface area contributed by atoms with Crippen LogP contribution in [0.15, 0.2) is 0 Å². The maximum atomic E-state index is 11.2. The molecule has 0 aromatic heterocycles. The number of hydrogen-bond acceptors (Lipinski definition) is 4. The van der Waals surface area contributed by atoms with Crippen LogP contribution in [0.5, 0.6) is 0 Å². The molecular weight excluding hydrogens is 244 g/mol. The lowest BCUT2D eigenvalue weighted by Gasteiger charge is -2.38. The van der Waals surface area contributed by atoms with Crippen molar-refractivity contribution in [3.8, 4) is 0 Å². The molecule has 7 heteroatoms. The van der Waals surface area contributed by atoms with Crippen molar-refractivity contribution < 1.29 is 34.4 Å². The molecule has 0 aromatic rings. The molecule has 1 heterocycles. The molecule has 1 rings (SSSR count). The molecule has 4 atom stereocenters. The van der Waals surface area contributed by atoms with Crippen molar-refractivity contribution in [1.82, 2.24) is 0 Å². The maximum absolute atomic E-state index is 11.2. The Kier molecular flexibility index (Phi) is 4.28. The SMILES string of the molecule is CC(C)C1COC(C(=O)O)C(C(=O)O)C1C(=O)O. The standard InChI is InChI=1S/C11H16O7/c1-4(2)5-3-18-8(11(16)17)7(10(14)15)6(5)9(12)13/h4-8H,3H2,1-2H3,(H,12,13)(H,14,15)(H,16,17). The van der Waals surface area contributed by atoms with Crippen LogP contribution in [0.25, 0.3) is 0 Å². The van der Waals surface area contributed by atoms with Gasteiger partial charge in [-0.25, -0.2) is 4.79 Å². The van der Waals surface area contributed by atoms with Crippen molar-refractivity contribution in [3.05, 3.63) is 0 Å². The molecule has 0 aliphatic carbocycles. The molecule has 0 saturated carbocycles. The van der Waals surface area contributed by atoms with Crippen molar-refractivity contribution in [3.63, 3.8) is 0 Å². The predicted molar refractivity (Wildman–Crippen MR) is 58.0 cm³/mol. The lowest BCUT2D eigenvalue weighted by Crippen LogP contribution is -2.53. The zero-order valence-corrected chi connectivity index (χ0v) is 10.1. The Bertz CT molecular complexity index is 362. The molecule has 1 aliphatic heterocycles. The van der Waals surface area contributed by atoms with Crippen LogP contribution >= 0.6 is 0 Å². The summed E-state index contributed by atoms with van der Waals surface area (Å²) in [7, 11) is 0. The summed E-state index contributed by atoms with van der Waals surface area (Å²) < 4.78 is 5.02. The summed E-state index contributed by atoms with van der Waals surface area (Å²) >= 11 is 0. The van der Waals surface area contributed by atoms with Gasteiger partial charge < -0.3 is 20.1 Å². The van der Waals surface area contributed by atoms with Gasteiger partial charge in [-0.3, -0.25) is 9.59 Å². The van der Waals surface area contributed by atoms with Crippen LogP contribution in [0.3, 0.4) is 0 Å². The highest BCUT2D eigenvalue weighted by molar-refractivity contribution is 5.87. The fourth-order valence-electron chi connectivity index (χ4n) is 2.33. The normalized spacial score (nSPS) is 32.2. The fourth-order valence-corrected chi connectivity index (χ4v) is 2.33. The Balaban J connectivity index is 3.14. The molecule has 0 amide bonds. The predicted octanol–water partition coefficient (Wildman–Crippen LogP) is 0.144. The summed E-state index contributed by atoms with van der Waals surface area (Å²) in [5.41, 5.74) is 0. The minimum absolute atomic E-state index is 0.0601. The number of aliphatic carboxylic acids is 3. The van der Waals surface area contributed by atoms with Crippen LogP contribution in [0.2, 0.25) is 0 Å². The molecule has 0 bridgehead atoms. The summed E-state index contributed by atoms with van der Waals surface area (Å²) in [6.45, 7) is 3.45. The minimum atomic E-state index is -1.61. The van der Waals surface area contributed by atoms with Gasteiger partial charge in [0.05, 0.1) is 12.5 Å². The molecule has 0 spiro atoms. The van der Waals surface area contributed by atoms with Crippen LogP contribution in [-0.4, -0.2) is 45.9 Å². The highest BCUT2D eigenvalue weighted by Crippen LogP contribution is 2.36. The van der Waals surface area contributed by atoms with Gasteiger partial charge in [0, 0.05) is 0 Å². The molecule has 18 heavy (non-hydrogen) atoms. The van der Waals surface area contributed by atoms with E-state index in [4.69, 9.17) is 20.1 Å². The summed E-state index contributed by atoms with van der Waals surface area (Å²) in [5.74, 6) is -7.65. The Labute approximate surface area is 103 Å². The van der Waals surface area contributed by atoms with Crippen molar-refractivity contribution >= 4 is 17.9 Å². The third-order valence-electron chi connectivity index (χ3n) is 3.31. The van der Waals surface area contributed by atoms with E-state index in [0.717, 1.165) is 0 Å². The average Bonchev–Trinajstić information content (AvgIpc) is 2.26. The van der Waals surface area contributed by atoms with Gasteiger partial charge >= 0.3 is 17.9 Å². The van der Waals surface area contributed by atoms with Gasteiger partial charge in [-0.15, -0.1) is 0 Å². The second-order valence-electron chi connectivity index (χ2n) is 4.73. The van der Waals surface area contributed by atoms with Crippen LogP contribution in [0.1, 0.15) is 13.8 Å². The molecular formula is C11H16O7. The number of rotatable bonds is 4. The second-order valence-corrected chi connectivity index (χ2v) is 4.73. The number of ether oxygens (including phenoxy) is 1. The van der Waals surface area contributed by atoms with Crippen LogP contribution < -0.4 is 0 Å². The second kappa shape index (κ2) is 5.34. The van der Waals surface area contributed by atoms with Crippen LogP contribution in [0.4, 0.5) is 0 Å². The van der Waals surface area contributed by atoms with Gasteiger partial charge in [0.15, 0.2) is 6.10 Å². The van der Waals surface area contributed by atoms with E-state index in [1.54, 1.807) is 13.8 Å². The number of carboxylic acids is 3.